The van der Waals surface area contributed by atoms with Crippen molar-refractivity contribution in [3.63, 3.8) is 0 Å². The Hall–Kier alpha value is -0.0800. The van der Waals surface area contributed by atoms with Crippen LogP contribution in [0, 0.1) is 11.8 Å². The molecule has 0 spiro atoms. The highest BCUT2D eigenvalue weighted by Crippen LogP contribution is 2.29. The fraction of sp³-hybridized carbons (Fsp3) is 1.00. The van der Waals surface area contributed by atoms with Crippen molar-refractivity contribution in [3.8, 4) is 0 Å². The molecule has 0 radical (unpaired) electrons. The minimum absolute atomic E-state index is 0.0324. The number of aliphatic hydroxyl groups is 1. The van der Waals surface area contributed by atoms with Crippen molar-refractivity contribution in [1.29, 1.82) is 0 Å². The molecule has 2 heteroatoms. The predicted octanol–water partition coefficient (Wildman–Crippen LogP) is 1.13. The Morgan fingerprint density at radius 1 is 1.36 bits per heavy atom. The molecule has 0 saturated heterocycles. The average Bonchev–Trinajstić information content (AvgIpc) is 1.94. The summed E-state index contributed by atoms with van der Waals surface area (Å²) in [4.78, 5) is 0. The summed E-state index contributed by atoms with van der Waals surface area (Å²) in [5.74, 6) is 1.38. The van der Waals surface area contributed by atoms with Gasteiger partial charge in [-0.1, -0.05) is 13.8 Å². The molecule has 1 rings (SSSR count). The molecule has 1 aliphatic carbocycles. The normalized spacial score (nSPS) is 39.5. The van der Waals surface area contributed by atoms with Crippen LogP contribution < -0.4 is 5.73 Å². The highest BCUT2D eigenvalue weighted by atomic mass is 16.3. The lowest BCUT2D eigenvalue weighted by molar-refractivity contribution is 0.0671. The summed E-state index contributed by atoms with van der Waals surface area (Å²) in [6.45, 7) is 4.43. The van der Waals surface area contributed by atoms with E-state index in [1.54, 1.807) is 0 Å². The first-order valence-corrected chi connectivity index (χ1v) is 4.55. The number of aliphatic hydroxyl groups excluding tert-OH is 1. The van der Waals surface area contributed by atoms with E-state index in [0.29, 0.717) is 11.8 Å². The fourth-order valence-electron chi connectivity index (χ4n) is 1.81. The van der Waals surface area contributed by atoms with Crippen LogP contribution in [0.4, 0.5) is 0 Å². The van der Waals surface area contributed by atoms with E-state index in [1.165, 1.54) is 6.42 Å². The molecular formula is C9H19NO. The zero-order valence-electron chi connectivity index (χ0n) is 7.46. The van der Waals surface area contributed by atoms with Gasteiger partial charge in [0.05, 0.1) is 6.10 Å². The maximum atomic E-state index is 9.47. The van der Waals surface area contributed by atoms with Crippen LogP contribution in [-0.2, 0) is 0 Å². The van der Waals surface area contributed by atoms with Crippen LogP contribution in [0.15, 0.2) is 0 Å². The monoisotopic (exact) mass is 157 g/mol. The molecule has 1 fully saturated rings. The Balaban J connectivity index is 2.40. The second-order valence-electron chi connectivity index (χ2n) is 4.05. The summed E-state index contributed by atoms with van der Waals surface area (Å²) in [6.07, 6.45) is 2.83. The van der Waals surface area contributed by atoms with E-state index in [0.717, 1.165) is 12.8 Å². The van der Waals surface area contributed by atoms with Crippen molar-refractivity contribution in [2.24, 2.45) is 17.6 Å². The minimum atomic E-state index is -0.254. The molecule has 1 aliphatic rings. The van der Waals surface area contributed by atoms with E-state index in [2.05, 4.69) is 13.8 Å². The maximum Gasteiger partial charge on any atom is 0.0693 e. The lowest BCUT2D eigenvalue weighted by Gasteiger charge is -2.32. The number of hydrogen-bond acceptors (Lipinski definition) is 2. The molecule has 0 aromatic heterocycles. The molecule has 2 nitrogen and oxygen atoms in total. The van der Waals surface area contributed by atoms with E-state index in [1.807, 2.05) is 0 Å². The molecule has 1 saturated carbocycles. The Morgan fingerprint density at radius 2 is 2.00 bits per heavy atom. The second kappa shape index (κ2) is 3.55. The Kier molecular flexibility index (Phi) is 2.90. The van der Waals surface area contributed by atoms with Gasteiger partial charge in [-0.05, 0) is 31.1 Å². The summed E-state index contributed by atoms with van der Waals surface area (Å²) < 4.78 is 0. The van der Waals surface area contributed by atoms with E-state index in [4.69, 9.17) is 5.73 Å². The van der Waals surface area contributed by atoms with Crippen LogP contribution in [-0.4, -0.2) is 17.3 Å². The summed E-state index contributed by atoms with van der Waals surface area (Å²) >= 11 is 0. The van der Waals surface area contributed by atoms with Gasteiger partial charge in [0.25, 0.3) is 0 Å². The quantitative estimate of drug-likeness (QED) is 0.599. The van der Waals surface area contributed by atoms with Crippen molar-refractivity contribution in [1.82, 2.24) is 0 Å². The van der Waals surface area contributed by atoms with Crippen molar-refractivity contribution in [2.45, 2.75) is 45.3 Å². The summed E-state index contributed by atoms with van der Waals surface area (Å²) in [7, 11) is 0. The first kappa shape index (κ1) is 9.01. The van der Waals surface area contributed by atoms with Gasteiger partial charge >= 0.3 is 0 Å². The third-order valence-corrected chi connectivity index (χ3v) is 2.85. The van der Waals surface area contributed by atoms with E-state index in [9.17, 15) is 5.11 Å². The molecule has 11 heavy (non-hydrogen) atoms. The maximum absolute atomic E-state index is 9.47. The first-order valence-electron chi connectivity index (χ1n) is 4.55. The van der Waals surface area contributed by atoms with Crippen LogP contribution in [0.1, 0.15) is 33.1 Å². The molecular weight excluding hydrogens is 138 g/mol. The van der Waals surface area contributed by atoms with Crippen molar-refractivity contribution >= 4 is 0 Å². The number of nitrogens with two attached hydrogens (primary N) is 1. The lowest BCUT2D eigenvalue weighted by Crippen LogP contribution is -2.41. The standard InChI is InChI=1S/C9H19NO/c1-6(2)7-3-4-8(10)9(11)5-7/h6-9,11H,3-5,10H2,1-2H3/t7-,8+,9+/m1/s1. The molecule has 0 amide bonds. The van der Waals surface area contributed by atoms with Gasteiger partial charge in [0.15, 0.2) is 0 Å². The Labute approximate surface area is 68.8 Å². The third kappa shape index (κ3) is 2.17. The summed E-state index contributed by atoms with van der Waals surface area (Å²) in [5.41, 5.74) is 5.69. The van der Waals surface area contributed by atoms with Crippen LogP contribution in [0.5, 0.6) is 0 Å². The predicted molar refractivity (Wildman–Crippen MR) is 46.2 cm³/mol. The topological polar surface area (TPSA) is 46.2 Å². The zero-order chi connectivity index (χ0) is 8.43. The molecule has 0 aromatic rings. The van der Waals surface area contributed by atoms with Crippen molar-refractivity contribution in [3.05, 3.63) is 0 Å². The molecule has 0 bridgehead atoms. The van der Waals surface area contributed by atoms with Gasteiger partial charge in [0.1, 0.15) is 0 Å². The number of rotatable bonds is 1. The van der Waals surface area contributed by atoms with Crippen molar-refractivity contribution in [2.75, 3.05) is 0 Å². The van der Waals surface area contributed by atoms with Gasteiger partial charge in [-0.25, -0.2) is 0 Å². The van der Waals surface area contributed by atoms with Gasteiger partial charge < -0.3 is 10.8 Å². The first-order chi connectivity index (χ1) is 5.11. The molecule has 0 aliphatic heterocycles. The molecule has 3 N–H and O–H groups in total. The van der Waals surface area contributed by atoms with Crippen molar-refractivity contribution < 1.29 is 5.11 Å². The van der Waals surface area contributed by atoms with Gasteiger partial charge in [0.2, 0.25) is 0 Å². The SMILES string of the molecule is CC(C)[C@@H]1CC[C@H](N)[C@@H](O)C1. The van der Waals surface area contributed by atoms with E-state index in [-0.39, 0.29) is 12.1 Å². The fourth-order valence-corrected chi connectivity index (χ4v) is 1.81. The van der Waals surface area contributed by atoms with Gasteiger partial charge in [-0.15, -0.1) is 0 Å². The molecule has 66 valence electrons. The summed E-state index contributed by atoms with van der Waals surface area (Å²) in [5, 5.41) is 9.47. The highest BCUT2D eigenvalue weighted by molar-refractivity contribution is 4.82. The van der Waals surface area contributed by atoms with Crippen LogP contribution in [0.2, 0.25) is 0 Å². The lowest BCUT2D eigenvalue weighted by atomic mass is 9.78. The molecule has 3 atom stereocenters. The molecule has 0 aromatic carbocycles. The van der Waals surface area contributed by atoms with Gasteiger partial charge in [-0.3, -0.25) is 0 Å². The van der Waals surface area contributed by atoms with E-state index < -0.39 is 0 Å². The number of hydrogen-bond donors (Lipinski definition) is 2. The largest absolute Gasteiger partial charge is 0.392 e. The zero-order valence-corrected chi connectivity index (χ0v) is 7.46. The van der Waals surface area contributed by atoms with Gasteiger partial charge in [-0.2, -0.15) is 0 Å². The smallest absolute Gasteiger partial charge is 0.0693 e. The van der Waals surface area contributed by atoms with Crippen LogP contribution >= 0.6 is 0 Å². The Bertz CT molecular complexity index is 125. The second-order valence-corrected chi connectivity index (χ2v) is 4.05. The third-order valence-electron chi connectivity index (χ3n) is 2.85. The average molecular weight is 157 g/mol. The molecule has 0 unspecified atom stereocenters. The van der Waals surface area contributed by atoms with Crippen LogP contribution in [0.25, 0.3) is 0 Å². The molecule has 0 heterocycles. The van der Waals surface area contributed by atoms with Gasteiger partial charge in [0, 0.05) is 6.04 Å². The highest BCUT2D eigenvalue weighted by Gasteiger charge is 2.27. The minimum Gasteiger partial charge on any atom is -0.392 e. The Morgan fingerprint density at radius 3 is 2.45 bits per heavy atom. The van der Waals surface area contributed by atoms with Crippen LogP contribution in [0.3, 0.4) is 0 Å². The van der Waals surface area contributed by atoms with E-state index >= 15 is 0 Å². The summed E-state index contributed by atoms with van der Waals surface area (Å²) in [6, 6.07) is 0.0324.